The fourth-order valence-electron chi connectivity index (χ4n) is 2.80. The minimum absolute atomic E-state index is 0.127. The molecular formula is C22H17F4N3OS2. The molecule has 1 N–H and O–H groups in total. The summed E-state index contributed by atoms with van der Waals surface area (Å²) in [4.78, 5) is 13.0. The number of imidazole rings is 1. The summed E-state index contributed by atoms with van der Waals surface area (Å²) < 4.78 is 54.8. The zero-order valence-electron chi connectivity index (χ0n) is 16.5. The van der Waals surface area contributed by atoms with Gasteiger partial charge in [0.2, 0.25) is 0 Å². The molecule has 0 saturated carbocycles. The molecule has 0 radical (unpaired) electrons. The molecule has 4 nitrogen and oxygen atoms in total. The van der Waals surface area contributed by atoms with E-state index < -0.39 is 12.8 Å². The quantitative estimate of drug-likeness (QED) is 0.227. The zero-order chi connectivity index (χ0) is 22.6. The highest BCUT2D eigenvalue weighted by Gasteiger charge is 2.28. The van der Waals surface area contributed by atoms with E-state index in [4.69, 9.17) is 4.74 Å². The van der Waals surface area contributed by atoms with Crippen LogP contribution in [0.2, 0.25) is 0 Å². The highest BCUT2D eigenvalue weighted by atomic mass is 32.2. The average molecular weight is 480 g/mol. The Bertz CT molecular complexity index is 1200. The highest BCUT2D eigenvalue weighted by molar-refractivity contribution is 7.98. The SMILES string of the molecule is Fc1ccc(CSc2ccnc(CSc3nc4ccc(OCC(F)(F)F)cc4[nH]3)c2)cc1. The van der Waals surface area contributed by atoms with E-state index in [1.54, 1.807) is 36.2 Å². The fraction of sp³-hybridized carbons (Fsp3) is 0.182. The van der Waals surface area contributed by atoms with Gasteiger partial charge in [-0.1, -0.05) is 23.9 Å². The standard InChI is InChI=1S/C22H17F4N3OS2/c23-15-3-1-14(2-4-15)11-31-18-7-8-27-16(9-18)12-32-21-28-19-6-5-17(10-20(19)29-21)30-13-22(24,25)26/h1-10H,11-13H2,(H,28,29). The predicted octanol–water partition coefficient (Wildman–Crippen LogP) is 6.62. The van der Waals surface area contributed by atoms with Crippen molar-refractivity contribution in [3.63, 3.8) is 0 Å². The molecule has 4 rings (SSSR count). The van der Waals surface area contributed by atoms with Crippen LogP contribution in [-0.2, 0) is 11.5 Å². The van der Waals surface area contributed by atoms with E-state index in [1.165, 1.54) is 36.0 Å². The largest absolute Gasteiger partial charge is 0.484 e. The molecule has 0 aliphatic heterocycles. The lowest BCUT2D eigenvalue weighted by molar-refractivity contribution is -0.153. The number of halogens is 4. The Kier molecular flexibility index (Phi) is 6.90. The lowest BCUT2D eigenvalue weighted by atomic mass is 10.2. The first-order valence-electron chi connectivity index (χ1n) is 9.48. The van der Waals surface area contributed by atoms with Crippen LogP contribution >= 0.6 is 23.5 Å². The van der Waals surface area contributed by atoms with Crippen molar-refractivity contribution in [2.75, 3.05) is 6.61 Å². The van der Waals surface area contributed by atoms with Crippen LogP contribution in [0.1, 0.15) is 11.3 Å². The van der Waals surface area contributed by atoms with E-state index in [0.717, 1.165) is 21.9 Å². The number of hydrogen-bond acceptors (Lipinski definition) is 5. The molecule has 0 atom stereocenters. The van der Waals surface area contributed by atoms with Gasteiger partial charge in [0.1, 0.15) is 11.6 Å². The summed E-state index contributed by atoms with van der Waals surface area (Å²) in [7, 11) is 0. The number of ether oxygens (including phenoxy) is 1. The van der Waals surface area contributed by atoms with E-state index in [-0.39, 0.29) is 11.6 Å². The predicted molar refractivity (Wildman–Crippen MR) is 117 cm³/mol. The molecule has 0 bridgehead atoms. The van der Waals surface area contributed by atoms with Gasteiger partial charge in [0.25, 0.3) is 0 Å². The van der Waals surface area contributed by atoms with Gasteiger partial charge in [0.15, 0.2) is 11.8 Å². The van der Waals surface area contributed by atoms with E-state index in [9.17, 15) is 17.6 Å². The van der Waals surface area contributed by atoms with Gasteiger partial charge in [-0.2, -0.15) is 13.2 Å². The third-order valence-corrected chi connectivity index (χ3v) is 6.27. The van der Waals surface area contributed by atoms with Crippen molar-refractivity contribution in [2.24, 2.45) is 0 Å². The van der Waals surface area contributed by atoms with Gasteiger partial charge in [-0.15, -0.1) is 11.8 Å². The topological polar surface area (TPSA) is 50.8 Å². The van der Waals surface area contributed by atoms with Gasteiger partial charge < -0.3 is 9.72 Å². The van der Waals surface area contributed by atoms with Crippen LogP contribution in [0.3, 0.4) is 0 Å². The third kappa shape index (κ3) is 6.39. The molecule has 4 aromatic rings. The van der Waals surface area contributed by atoms with Crippen LogP contribution in [0.4, 0.5) is 17.6 Å². The molecule has 0 fully saturated rings. The van der Waals surface area contributed by atoms with Gasteiger partial charge in [-0.3, -0.25) is 4.98 Å². The number of rotatable bonds is 8. The minimum Gasteiger partial charge on any atom is -0.484 e. The molecule has 0 unspecified atom stereocenters. The molecule has 10 heteroatoms. The normalized spacial score (nSPS) is 11.8. The molecule has 0 amide bonds. The lowest BCUT2D eigenvalue weighted by Gasteiger charge is -2.08. The molecule has 32 heavy (non-hydrogen) atoms. The number of nitrogens with zero attached hydrogens (tertiary/aromatic N) is 2. The maximum absolute atomic E-state index is 13.0. The van der Waals surface area contributed by atoms with Crippen molar-refractivity contribution < 1.29 is 22.3 Å². The molecule has 0 spiro atoms. The van der Waals surface area contributed by atoms with Gasteiger partial charge in [0.05, 0.1) is 16.7 Å². The number of aromatic amines is 1. The number of hydrogen-bond donors (Lipinski definition) is 1. The Morgan fingerprint density at radius 3 is 2.53 bits per heavy atom. The number of alkyl halides is 3. The summed E-state index contributed by atoms with van der Waals surface area (Å²) in [6.45, 7) is -1.34. The first-order valence-corrected chi connectivity index (χ1v) is 11.5. The smallest absolute Gasteiger partial charge is 0.422 e. The van der Waals surface area contributed by atoms with Gasteiger partial charge in [-0.25, -0.2) is 9.37 Å². The number of thioether (sulfide) groups is 2. The molecule has 2 aromatic carbocycles. The Labute approximate surface area is 189 Å². The number of aromatic nitrogens is 3. The molecule has 0 aliphatic carbocycles. The Hall–Kier alpha value is -2.72. The molecule has 166 valence electrons. The highest BCUT2D eigenvalue weighted by Crippen LogP contribution is 2.28. The van der Waals surface area contributed by atoms with Crippen LogP contribution in [0, 0.1) is 5.82 Å². The Balaban J connectivity index is 1.35. The summed E-state index contributed by atoms with van der Waals surface area (Å²) in [6.07, 6.45) is -2.64. The molecule has 0 aliphatic rings. The maximum atomic E-state index is 13.0. The van der Waals surface area contributed by atoms with E-state index in [1.807, 2.05) is 12.1 Å². The van der Waals surface area contributed by atoms with Crippen molar-refractivity contribution in [1.29, 1.82) is 0 Å². The van der Waals surface area contributed by atoms with E-state index >= 15 is 0 Å². The van der Waals surface area contributed by atoms with Crippen LogP contribution in [0.25, 0.3) is 11.0 Å². The second kappa shape index (κ2) is 9.83. The number of fused-ring (bicyclic) bond motifs is 1. The van der Waals surface area contributed by atoms with Crippen LogP contribution < -0.4 is 4.74 Å². The maximum Gasteiger partial charge on any atom is 0.422 e. The third-order valence-electron chi connectivity index (χ3n) is 4.30. The molecular weight excluding hydrogens is 462 g/mol. The van der Waals surface area contributed by atoms with Crippen molar-refractivity contribution in [3.05, 3.63) is 77.9 Å². The van der Waals surface area contributed by atoms with Crippen molar-refractivity contribution in [3.8, 4) is 5.75 Å². The number of pyridine rings is 1. The number of benzene rings is 2. The summed E-state index contributed by atoms with van der Waals surface area (Å²) in [5.41, 5.74) is 3.14. The molecule has 2 heterocycles. The van der Waals surface area contributed by atoms with Gasteiger partial charge >= 0.3 is 6.18 Å². The minimum atomic E-state index is -4.39. The van der Waals surface area contributed by atoms with Crippen molar-refractivity contribution in [1.82, 2.24) is 15.0 Å². The Morgan fingerprint density at radius 1 is 0.938 bits per heavy atom. The fourth-order valence-corrected chi connectivity index (χ4v) is 4.49. The van der Waals surface area contributed by atoms with Crippen LogP contribution in [-0.4, -0.2) is 27.7 Å². The van der Waals surface area contributed by atoms with Crippen molar-refractivity contribution in [2.45, 2.75) is 27.7 Å². The zero-order valence-corrected chi connectivity index (χ0v) is 18.2. The Morgan fingerprint density at radius 2 is 1.75 bits per heavy atom. The number of nitrogens with one attached hydrogen (secondary N) is 1. The summed E-state index contributed by atoms with van der Waals surface area (Å²) in [6, 6.07) is 14.9. The lowest BCUT2D eigenvalue weighted by Crippen LogP contribution is -2.19. The summed E-state index contributed by atoms with van der Waals surface area (Å²) >= 11 is 3.08. The van der Waals surface area contributed by atoms with Gasteiger partial charge in [0, 0.05) is 28.7 Å². The second-order valence-electron chi connectivity index (χ2n) is 6.81. The summed E-state index contributed by atoms with van der Waals surface area (Å²) in [5, 5.41) is 0.638. The average Bonchev–Trinajstić information content (AvgIpc) is 3.18. The van der Waals surface area contributed by atoms with Crippen LogP contribution in [0.15, 0.2) is 70.8 Å². The first-order chi connectivity index (χ1) is 15.3. The van der Waals surface area contributed by atoms with E-state index in [0.29, 0.717) is 21.9 Å². The van der Waals surface area contributed by atoms with E-state index in [2.05, 4.69) is 15.0 Å². The number of H-pyrrole nitrogens is 1. The van der Waals surface area contributed by atoms with Crippen LogP contribution in [0.5, 0.6) is 5.75 Å². The molecule has 0 saturated heterocycles. The second-order valence-corrected chi connectivity index (χ2v) is 8.82. The first kappa shape index (κ1) is 22.5. The monoisotopic (exact) mass is 479 g/mol. The molecule has 2 aromatic heterocycles. The van der Waals surface area contributed by atoms with Gasteiger partial charge in [-0.05, 0) is 42.0 Å². The summed E-state index contributed by atoms with van der Waals surface area (Å²) in [5.74, 6) is 1.17. The van der Waals surface area contributed by atoms with Crippen molar-refractivity contribution >= 4 is 34.6 Å².